The van der Waals surface area contributed by atoms with Crippen LogP contribution >= 0.6 is 22.9 Å². The molecule has 0 atom stereocenters. The molecular formula is C18H12ClFN4O2S. The first-order valence-corrected chi connectivity index (χ1v) is 9.10. The molecule has 1 aromatic carbocycles. The summed E-state index contributed by atoms with van der Waals surface area (Å²) in [6.45, 7) is 1.78. The summed E-state index contributed by atoms with van der Waals surface area (Å²) in [7, 11) is 0. The second kappa shape index (κ2) is 6.98. The predicted molar refractivity (Wildman–Crippen MR) is 101 cm³/mol. The Labute approximate surface area is 162 Å². The summed E-state index contributed by atoms with van der Waals surface area (Å²) in [5, 5.41) is 9.40. The maximum atomic E-state index is 14.0. The number of thiazole rings is 1. The van der Waals surface area contributed by atoms with Gasteiger partial charge in [0.1, 0.15) is 17.3 Å². The van der Waals surface area contributed by atoms with Gasteiger partial charge >= 0.3 is 0 Å². The van der Waals surface area contributed by atoms with Gasteiger partial charge < -0.3 is 9.73 Å². The number of hydrogen-bond donors (Lipinski definition) is 1. The third-order valence-electron chi connectivity index (χ3n) is 3.71. The molecule has 0 aliphatic carbocycles. The fourth-order valence-corrected chi connectivity index (χ4v) is 3.55. The standard InChI is InChI=1S/C18H12ClFN4O2S/c1-10-8-15(22-17(25)16-11(19)4-2-5-12(16)20)24(23-10)18-21-13(9-27-18)14-6-3-7-26-14/h2-9H,1H3,(H,22,25). The van der Waals surface area contributed by atoms with Gasteiger partial charge in [-0.15, -0.1) is 11.3 Å². The quantitative estimate of drug-likeness (QED) is 0.524. The Balaban J connectivity index is 1.67. The number of hydrogen-bond acceptors (Lipinski definition) is 5. The Morgan fingerprint density at radius 1 is 1.33 bits per heavy atom. The van der Waals surface area contributed by atoms with Crippen molar-refractivity contribution in [1.82, 2.24) is 14.8 Å². The molecule has 3 heterocycles. The number of nitrogens with zero attached hydrogens (tertiary/aromatic N) is 3. The van der Waals surface area contributed by atoms with Crippen molar-refractivity contribution in [2.75, 3.05) is 5.32 Å². The molecule has 1 amide bonds. The van der Waals surface area contributed by atoms with Gasteiger partial charge in [-0.05, 0) is 31.2 Å². The highest BCUT2D eigenvalue weighted by atomic mass is 35.5. The number of aromatic nitrogens is 3. The van der Waals surface area contributed by atoms with Crippen LogP contribution in [0.25, 0.3) is 16.6 Å². The van der Waals surface area contributed by atoms with E-state index in [2.05, 4.69) is 15.4 Å². The van der Waals surface area contributed by atoms with Gasteiger partial charge in [-0.3, -0.25) is 4.79 Å². The number of furan rings is 1. The van der Waals surface area contributed by atoms with E-state index in [-0.39, 0.29) is 10.6 Å². The van der Waals surface area contributed by atoms with Crippen molar-refractivity contribution >= 4 is 34.7 Å². The first-order valence-electron chi connectivity index (χ1n) is 7.85. The summed E-state index contributed by atoms with van der Waals surface area (Å²) in [6.07, 6.45) is 1.57. The fourth-order valence-electron chi connectivity index (χ4n) is 2.53. The van der Waals surface area contributed by atoms with Crippen LogP contribution in [-0.4, -0.2) is 20.7 Å². The minimum absolute atomic E-state index is 0.0321. The van der Waals surface area contributed by atoms with E-state index < -0.39 is 11.7 Å². The van der Waals surface area contributed by atoms with E-state index in [0.29, 0.717) is 28.1 Å². The topological polar surface area (TPSA) is 73.0 Å². The van der Waals surface area contributed by atoms with Crippen LogP contribution in [0.3, 0.4) is 0 Å². The van der Waals surface area contributed by atoms with E-state index in [0.717, 1.165) is 0 Å². The Morgan fingerprint density at radius 2 is 2.19 bits per heavy atom. The molecule has 0 aliphatic heterocycles. The molecule has 0 aliphatic rings. The lowest BCUT2D eigenvalue weighted by atomic mass is 10.2. The molecule has 3 aromatic heterocycles. The summed E-state index contributed by atoms with van der Waals surface area (Å²) in [5.41, 5.74) is 1.10. The van der Waals surface area contributed by atoms with E-state index >= 15 is 0 Å². The predicted octanol–water partition coefficient (Wildman–Crippen LogP) is 4.94. The summed E-state index contributed by atoms with van der Waals surface area (Å²) >= 11 is 7.30. The number of aryl methyl sites for hydroxylation is 1. The summed E-state index contributed by atoms with van der Waals surface area (Å²) in [5.74, 6) is -0.374. The highest BCUT2D eigenvalue weighted by Gasteiger charge is 2.19. The van der Waals surface area contributed by atoms with E-state index in [1.807, 2.05) is 5.38 Å². The molecule has 136 valence electrons. The van der Waals surface area contributed by atoms with Crippen LogP contribution in [0.4, 0.5) is 10.2 Å². The summed E-state index contributed by atoms with van der Waals surface area (Å²) in [6, 6.07) is 9.32. The minimum Gasteiger partial charge on any atom is -0.463 e. The molecule has 1 N–H and O–H groups in total. The van der Waals surface area contributed by atoms with Crippen molar-refractivity contribution in [1.29, 1.82) is 0 Å². The van der Waals surface area contributed by atoms with Crippen molar-refractivity contribution in [2.24, 2.45) is 0 Å². The molecular weight excluding hydrogens is 391 g/mol. The van der Waals surface area contributed by atoms with E-state index in [1.54, 1.807) is 31.4 Å². The molecule has 0 bridgehead atoms. The second-order valence-corrected chi connectivity index (χ2v) is 6.87. The van der Waals surface area contributed by atoms with Gasteiger partial charge in [0, 0.05) is 11.4 Å². The number of amides is 1. The molecule has 0 saturated carbocycles. The van der Waals surface area contributed by atoms with Crippen LogP contribution in [0.5, 0.6) is 0 Å². The fraction of sp³-hybridized carbons (Fsp3) is 0.0556. The number of carbonyl (C=O) groups is 1. The molecule has 4 rings (SSSR count). The lowest BCUT2D eigenvalue weighted by Crippen LogP contribution is -2.17. The molecule has 9 heteroatoms. The highest BCUT2D eigenvalue weighted by molar-refractivity contribution is 7.12. The molecule has 0 spiro atoms. The second-order valence-electron chi connectivity index (χ2n) is 5.63. The third kappa shape index (κ3) is 3.36. The smallest absolute Gasteiger partial charge is 0.261 e. The monoisotopic (exact) mass is 402 g/mol. The zero-order chi connectivity index (χ0) is 19.0. The van der Waals surface area contributed by atoms with Gasteiger partial charge in [-0.2, -0.15) is 9.78 Å². The Hall–Kier alpha value is -2.97. The van der Waals surface area contributed by atoms with Crippen molar-refractivity contribution in [2.45, 2.75) is 6.92 Å². The molecule has 4 aromatic rings. The maximum absolute atomic E-state index is 14.0. The number of rotatable bonds is 4. The normalized spacial score (nSPS) is 10.9. The summed E-state index contributed by atoms with van der Waals surface area (Å²) < 4.78 is 20.8. The van der Waals surface area contributed by atoms with E-state index in [1.165, 1.54) is 34.2 Å². The molecule has 0 radical (unpaired) electrons. The van der Waals surface area contributed by atoms with Crippen molar-refractivity contribution < 1.29 is 13.6 Å². The van der Waals surface area contributed by atoms with Gasteiger partial charge in [-0.1, -0.05) is 17.7 Å². The van der Waals surface area contributed by atoms with Crippen molar-refractivity contribution in [3.05, 3.63) is 70.1 Å². The van der Waals surface area contributed by atoms with Crippen LogP contribution in [-0.2, 0) is 0 Å². The first-order chi connectivity index (χ1) is 13.0. The SMILES string of the molecule is Cc1cc(NC(=O)c2c(F)cccc2Cl)n(-c2nc(-c3ccco3)cs2)n1. The first kappa shape index (κ1) is 17.4. The van der Waals surface area contributed by atoms with Gasteiger partial charge in [0.15, 0.2) is 5.76 Å². The average Bonchev–Trinajstić information content (AvgIpc) is 3.34. The number of halogens is 2. The van der Waals surface area contributed by atoms with E-state index in [4.69, 9.17) is 16.0 Å². The van der Waals surface area contributed by atoms with Gasteiger partial charge in [-0.25, -0.2) is 9.37 Å². The number of nitrogens with one attached hydrogen (secondary N) is 1. The van der Waals surface area contributed by atoms with Crippen LogP contribution in [0, 0.1) is 12.7 Å². The molecule has 27 heavy (non-hydrogen) atoms. The van der Waals surface area contributed by atoms with Crippen LogP contribution in [0.15, 0.2) is 52.5 Å². The molecule has 0 fully saturated rings. The van der Waals surface area contributed by atoms with Gasteiger partial charge in [0.05, 0.1) is 22.5 Å². The Kier molecular flexibility index (Phi) is 4.51. The largest absolute Gasteiger partial charge is 0.463 e. The molecule has 0 saturated heterocycles. The maximum Gasteiger partial charge on any atom is 0.261 e. The molecule has 0 unspecified atom stereocenters. The van der Waals surface area contributed by atoms with Crippen molar-refractivity contribution in [3.8, 4) is 16.6 Å². The Bertz CT molecular complexity index is 1100. The lowest BCUT2D eigenvalue weighted by molar-refractivity contribution is 0.102. The zero-order valence-electron chi connectivity index (χ0n) is 13.9. The third-order valence-corrected chi connectivity index (χ3v) is 4.84. The van der Waals surface area contributed by atoms with Gasteiger partial charge in [0.25, 0.3) is 5.91 Å². The average molecular weight is 403 g/mol. The van der Waals surface area contributed by atoms with Crippen LogP contribution < -0.4 is 5.32 Å². The summed E-state index contributed by atoms with van der Waals surface area (Å²) in [4.78, 5) is 17.0. The van der Waals surface area contributed by atoms with Crippen molar-refractivity contribution in [3.63, 3.8) is 0 Å². The lowest BCUT2D eigenvalue weighted by Gasteiger charge is -2.08. The van der Waals surface area contributed by atoms with Gasteiger partial charge in [0.2, 0.25) is 5.13 Å². The number of carbonyl (C=O) groups excluding carboxylic acids is 1. The minimum atomic E-state index is -0.697. The zero-order valence-corrected chi connectivity index (χ0v) is 15.5. The van der Waals surface area contributed by atoms with E-state index in [9.17, 15) is 9.18 Å². The molecule has 6 nitrogen and oxygen atoms in total. The number of anilines is 1. The number of benzene rings is 1. The van der Waals surface area contributed by atoms with Crippen LogP contribution in [0.1, 0.15) is 16.1 Å². The Morgan fingerprint density at radius 3 is 2.93 bits per heavy atom. The van der Waals surface area contributed by atoms with Crippen LogP contribution in [0.2, 0.25) is 5.02 Å². The highest BCUT2D eigenvalue weighted by Crippen LogP contribution is 2.27.